The molecule has 0 N–H and O–H groups in total. The second kappa shape index (κ2) is 13.0. The monoisotopic (exact) mass is 758 g/mol. The van der Waals surface area contributed by atoms with Gasteiger partial charge in [-0.1, -0.05) is 152 Å². The Morgan fingerprint density at radius 2 is 0.966 bits per heavy atom. The van der Waals surface area contributed by atoms with Crippen LogP contribution in [-0.4, -0.2) is 19.9 Å². The third-order valence-electron chi connectivity index (χ3n) is 11.1. The fraction of sp³-hybridized carbons (Fsp3) is 0. The highest BCUT2D eigenvalue weighted by Gasteiger charge is 2.20. The van der Waals surface area contributed by atoms with Crippen molar-refractivity contribution in [2.45, 2.75) is 0 Å². The summed E-state index contributed by atoms with van der Waals surface area (Å²) in [6.45, 7) is 0. The summed E-state index contributed by atoms with van der Waals surface area (Å²) in [4.78, 5) is 21.0. The molecule has 0 bridgehead atoms. The smallest absolute Gasteiger partial charge is 0.164 e. The number of furan rings is 1. The van der Waals surface area contributed by atoms with Crippen LogP contribution in [0.15, 0.2) is 186 Å². The molecular weight excluding hydrogens is 729 g/mol. The van der Waals surface area contributed by atoms with Crippen LogP contribution in [0.3, 0.4) is 0 Å². The van der Waals surface area contributed by atoms with Crippen molar-refractivity contribution >= 4 is 75.1 Å². The van der Waals surface area contributed by atoms with Crippen LogP contribution in [0.25, 0.3) is 120 Å². The van der Waals surface area contributed by atoms with Crippen molar-refractivity contribution in [3.63, 3.8) is 0 Å². The molecule has 0 saturated carbocycles. The van der Waals surface area contributed by atoms with Crippen molar-refractivity contribution < 1.29 is 4.42 Å². The van der Waals surface area contributed by atoms with Crippen LogP contribution in [0, 0.1) is 0 Å². The number of nitrogens with zero attached hydrogens (tertiary/aromatic N) is 4. The Morgan fingerprint density at radius 3 is 1.79 bits per heavy atom. The first-order valence-corrected chi connectivity index (χ1v) is 20.1. The Bertz CT molecular complexity index is 3560. The lowest BCUT2D eigenvalue weighted by Crippen LogP contribution is -2.01. The molecule has 4 heterocycles. The Labute approximate surface area is 336 Å². The van der Waals surface area contributed by atoms with Crippen LogP contribution in [0.1, 0.15) is 0 Å². The topological polar surface area (TPSA) is 64.7 Å². The molecule has 0 radical (unpaired) electrons. The molecule has 8 aromatic carbocycles. The molecule has 0 saturated heterocycles. The summed E-state index contributed by atoms with van der Waals surface area (Å²) in [5, 5.41) is 7.95. The lowest BCUT2D eigenvalue weighted by molar-refractivity contribution is 0.669. The molecule has 0 amide bonds. The van der Waals surface area contributed by atoms with E-state index in [4.69, 9.17) is 24.4 Å². The fourth-order valence-electron chi connectivity index (χ4n) is 8.42. The maximum absolute atomic E-state index is 6.30. The molecule has 0 aliphatic rings. The van der Waals surface area contributed by atoms with Gasteiger partial charge in [0, 0.05) is 69.4 Å². The van der Waals surface area contributed by atoms with Gasteiger partial charge in [0.1, 0.15) is 11.2 Å². The molecule has 6 heteroatoms. The Morgan fingerprint density at radius 1 is 0.345 bits per heavy atom. The van der Waals surface area contributed by atoms with E-state index in [9.17, 15) is 0 Å². The fourth-order valence-corrected chi connectivity index (χ4v) is 9.54. The molecule has 0 atom stereocenters. The molecule has 12 rings (SSSR count). The molecule has 12 aromatic rings. The summed E-state index contributed by atoms with van der Waals surface area (Å²) < 4.78 is 8.84. The lowest BCUT2D eigenvalue weighted by atomic mass is 9.95. The van der Waals surface area contributed by atoms with E-state index in [2.05, 4.69) is 140 Å². The van der Waals surface area contributed by atoms with E-state index in [1.54, 1.807) is 0 Å². The van der Waals surface area contributed by atoms with Crippen molar-refractivity contribution in [3.05, 3.63) is 182 Å². The van der Waals surface area contributed by atoms with E-state index < -0.39 is 0 Å². The SMILES string of the molecule is c1ccc(-c2ccc(-c3nc(-c4ccc5c(c4)nc(-c4ccccc4)c4ccc6sc7ccccc7c6c45)nc(-c4cccc5oc6ccccc6c45)n3)cc2)cc1. The lowest BCUT2D eigenvalue weighted by Gasteiger charge is -2.13. The highest BCUT2D eigenvalue weighted by molar-refractivity contribution is 7.26. The number of hydrogen-bond acceptors (Lipinski definition) is 6. The van der Waals surface area contributed by atoms with Crippen LogP contribution in [-0.2, 0) is 0 Å². The Hall–Kier alpha value is -7.54. The van der Waals surface area contributed by atoms with Crippen LogP contribution >= 0.6 is 11.3 Å². The molecule has 5 nitrogen and oxygen atoms in total. The van der Waals surface area contributed by atoms with Gasteiger partial charge in [-0.25, -0.2) is 19.9 Å². The highest BCUT2D eigenvalue weighted by atomic mass is 32.1. The van der Waals surface area contributed by atoms with Crippen LogP contribution in [0.5, 0.6) is 0 Å². The van der Waals surface area contributed by atoms with Gasteiger partial charge in [-0.05, 0) is 41.5 Å². The molecule has 0 aliphatic carbocycles. The van der Waals surface area contributed by atoms with Crippen molar-refractivity contribution in [2.75, 3.05) is 0 Å². The van der Waals surface area contributed by atoms with Crippen LogP contribution in [0.2, 0.25) is 0 Å². The molecular formula is C52H30N4OS. The minimum atomic E-state index is 0.571. The molecule has 58 heavy (non-hydrogen) atoms. The normalized spacial score (nSPS) is 11.8. The number of thiophene rings is 1. The maximum Gasteiger partial charge on any atom is 0.164 e. The first kappa shape index (κ1) is 32.7. The van der Waals surface area contributed by atoms with E-state index >= 15 is 0 Å². The second-order valence-corrected chi connectivity index (χ2v) is 15.6. The van der Waals surface area contributed by atoms with Gasteiger partial charge >= 0.3 is 0 Å². The maximum atomic E-state index is 6.30. The number of fused-ring (bicyclic) bond motifs is 10. The zero-order chi connectivity index (χ0) is 38.2. The summed E-state index contributed by atoms with van der Waals surface area (Å²) in [6.07, 6.45) is 0. The third kappa shape index (κ3) is 5.23. The zero-order valence-electron chi connectivity index (χ0n) is 30.9. The third-order valence-corrected chi connectivity index (χ3v) is 12.3. The van der Waals surface area contributed by atoms with Gasteiger partial charge in [0.15, 0.2) is 17.5 Å². The van der Waals surface area contributed by atoms with E-state index in [0.29, 0.717) is 17.5 Å². The predicted octanol–water partition coefficient (Wildman–Crippen LogP) is 14.2. The summed E-state index contributed by atoms with van der Waals surface area (Å²) in [5.74, 6) is 1.74. The number of para-hydroxylation sites is 1. The van der Waals surface area contributed by atoms with E-state index in [1.165, 1.54) is 25.6 Å². The van der Waals surface area contributed by atoms with Crippen molar-refractivity contribution in [3.8, 4) is 56.5 Å². The zero-order valence-corrected chi connectivity index (χ0v) is 31.7. The van der Waals surface area contributed by atoms with Gasteiger partial charge in [-0.2, -0.15) is 0 Å². The number of pyridine rings is 1. The minimum Gasteiger partial charge on any atom is -0.456 e. The van der Waals surface area contributed by atoms with Gasteiger partial charge in [0.25, 0.3) is 0 Å². The Kier molecular flexibility index (Phi) is 7.33. The molecule has 0 unspecified atom stereocenters. The van der Waals surface area contributed by atoms with E-state index in [-0.39, 0.29) is 0 Å². The molecule has 4 aromatic heterocycles. The molecule has 270 valence electrons. The number of rotatable bonds is 5. The van der Waals surface area contributed by atoms with E-state index in [0.717, 1.165) is 77.3 Å². The van der Waals surface area contributed by atoms with Crippen molar-refractivity contribution in [2.24, 2.45) is 0 Å². The van der Waals surface area contributed by atoms with Gasteiger partial charge < -0.3 is 4.42 Å². The van der Waals surface area contributed by atoms with Crippen molar-refractivity contribution in [1.29, 1.82) is 0 Å². The van der Waals surface area contributed by atoms with Gasteiger partial charge in [-0.3, -0.25) is 0 Å². The van der Waals surface area contributed by atoms with Gasteiger partial charge in [0.2, 0.25) is 0 Å². The Balaban J connectivity index is 1.11. The second-order valence-electron chi connectivity index (χ2n) is 14.5. The standard InChI is InChI=1S/C52H30N4OS/c1-3-12-31(13-4-1)32-22-24-34(25-23-32)50-54-51(56-52(55-50)40-18-11-20-43-46(40)37-16-7-9-19-42(37)57-43)35-26-27-36-41(30-35)53-49(33-14-5-2-6-15-33)39-28-29-45-48(47(36)39)38-17-8-10-21-44(38)58-45/h1-30H. The number of benzene rings is 8. The minimum absolute atomic E-state index is 0.571. The summed E-state index contributed by atoms with van der Waals surface area (Å²) in [7, 11) is 0. The summed E-state index contributed by atoms with van der Waals surface area (Å²) in [6, 6.07) is 63.2. The number of aromatic nitrogens is 4. The largest absolute Gasteiger partial charge is 0.456 e. The summed E-state index contributed by atoms with van der Waals surface area (Å²) in [5.41, 5.74) is 9.44. The van der Waals surface area contributed by atoms with Crippen LogP contribution < -0.4 is 0 Å². The average molecular weight is 759 g/mol. The molecule has 0 aliphatic heterocycles. The average Bonchev–Trinajstić information content (AvgIpc) is 3.88. The predicted molar refractivity (Wildman–Crippen MR) is 240 cm³/mol. The van der Waals surface area contributed by atoms with Gasteiger partial charge in [0.05, 0.1) is 11.2 Å². The number of hydrogen-bond donors (Lipinski definition) is 0. The quantitative estimate of drug-likeness (QED) is 0.164. The van der Waals surface area contributed by atoms with Crippen molar-refractivity contribution in [1.82, 2.24) is 19.9 Å². The van der Waals surface area contributed by atoms with Crippen LogP contribution in [0.4, 0.5) is 0 Å². The van der Waals surface area contributed by atoms with E-state index in [1.807, 2.05) is 53.8 Å². The highest BCUT2D eigenvalue weighted by Crippen LogP contribution is 2.44. The first-order chi connectivity index (χ1) is 28.7. The molecule has 0 spiro atoms. The molecule has 0 fully saturated rings. The van der Waals surface area contributed by atoms with Gasteiger partial charge in [-0.15, -0.1) is 11.3 Å². The summed E-state index contributed by atoms with van der Waals surface area (Å²) >= 11 is 1.83. The first-order valence-electron chi connectivity index (χ1n) is 19.3.